The van der Waals surface area contributed by atoms with Gasteiger partial charge in [0.1, 0.15) is 0 Å². The lowest BCUT2D eigenvalue weighted by molar-refractivity contribution is -0.421. The van der Waals surface area contributed by atoms with Crippen molar-refractivity contribution < 1.29 is 14.2 Å². The van der Waals surface area contributed by atoms with E-state index in [-0.39, 0.29) is 11.5 Å². The molecule has 0 bridgehead atoms. The van der Waals surface area contributed by atoms with Crippen molar-refractivity contribution in [2.24, 2.45) is 0 Å². The van der Waals surface area contributed by atoms with E-state index in [0.717, 1.165) is 17.2 Å². The normalized spacial score (nSPS) is 10.3. The SMILES string of the molecule is Cc1ccc(CNC(=O)c2cc[nH+]c(F)c2)c(Cl)c1. The molecule has 2 N–H and O–H groups in total. The van der Waals surface area contributed by atoms with Crippen LogP contribution >= 0.6 is 11.6 Å². The van der Waals surface area contributed by atoms with Crippen molar-refractivity contribution in [3.8, 4) is 0 Å². The van der Waals surface area contributed by atoms with Crippen LogP contribution in [0.1, 0.15) is 21.5 Å². The molecule has 0 spiro atoms. The Balaban J connectivity index is 2.04. The predicted molar refractivity (Wildman–Crippen MR) is 70.3 cm³/mol. The number of hydrogen-bond acceptors (Lipinski definition) is 1. The maximum absolute atomic E-state index is 12.9. The van der Waals surface area contributed by atoms with E-state index < -0.39 is 5.95 Å². The molecule has 1 aromatic carbocycles. The summed E-state index contributed by atoms with van der Waals surface area (Å²) in [5.74, 6) is -0.898. The minimum absolute atomic E-state index is 0.263. The molecule has 0 fully saturated rings. The predicted octanol–water partition coefficient (Wildman–Crippen LogP) is 2.53. The van der Waals surface area contributed by atoms with Crippen LogP contribution < -0.4 is 10.3 Å². The van der Waals surface area contributed by atoms with Gasteiger partial charge in [-0.1, -0.05) is 23.7 Å². The van der Waals surface area contributed by atoms with Crippen molar-refractivity contribution in [2.75, 3.05) is 0 Å². The molecule has 1 aromatic heterocycles. The van der Waals surface area contributed by atoms with E-state index >= 15 is 0 Å². The van der Waals surface area contributed by atoms with Crippen LogP contribution in [0.4, 0.5) is 4.39 Å². The summed E-state index contributed by atoms with van der Waals surface area (Å²) in [4.78, 5) is 14.2. The Hall–Kier alpha value is -1.94. The molecule has 98 valence electrons. The van der Waals surface area contributed by atoms with Crippen molar-refractivity contribution in [3.05, 3.63) is 64.2 Å². The van der Waals surface area contributed by atoms with Gasteiger partial charge in [-0.05, 0) is 24.1 Å². The zero-order valence-electron chi connectivity index (χ0n) is 10.3. The largest absolute Gasteiger partial charge is 0.358 e. The Morgan fingerprint density at radius 1 is 1.37 bits per heavy atom. The smallest absolute Gasteiger partial charge is 0.348 e. The third-order valence-corrected chi connectivity index (χ3v) is 3.03. The Morgan fingerprint density at radius 3 is 2.84 bits per heavy atom. The zero-order chi connectivity index (χ0) is 13.8. The van der Waals surface area contributed by atoms with Gasteiger partial charge in [0.25, 0.3) is 5.91 Å². The van der Waals surface area contributed by atoms with Crippen LogP contribution in [0.15, 0.2) is 36.5 Å². The van der Waals surface area contributed by atoms with E-state index in [1.165, 1.54) is 12.3 Å². The maximum Gasteiger partial charge on any atom is 0.358 e. The summed E-state index contributed by atoms with van der Waals surface area (Å²) in [5.41, 5.74) is 2.14. The van der Waals surface area contributed by atoms with Crippen molar-refractivity contribution in [1.82, 2.24) is 5.32 Å². The number of carbonyl (C=O) groups is 1. The number of aromatic nitrogens is 1. The van der Waals surface area contributed by atoms with Crippen molar-refractivity contribution in [2.45, 2.75) is 13.5 Å². The van der Waals surface area contributed by atoms with E-state index in [9.17, 15) is 9.18 Å². The first-order valence-electron chi connectivity index (χ1n) is 5.77. The molecule has 3 nitrogen and oxygen atoms in total. The Bertz CT molecular complexity index is 616. The molecular weight excluding hydrogens is 267 g/mol. The van der Waals surface area contributed by atoms with Crippen LogP contribution in [0.25, 0.3) is 0 Å². The Labute approximate surface area is 115 Å². The monoisotopic (exact) mass is 279 g/mol. The number of pyridine rings is 1. The number of carbonyl (C=O) groups excluding carboxylic acids is 1. The molecular formula is C14H13ClFN2O+. The number of halogens is 2. The first kappa shape index (κ1) is 13.5. The summed E-state index contributed by atoms with van der Waals surface area (Å²) in [5, 5.41) is 3.30. The maximum atomic E-state index is 12.9. The van der Waals surface area contributed by atoms with Gasteiger partial charge < -0.3 is 5.32 Å². The molecule has 1 amide bonds. The van der Waals surface area contributed by atoms with Gasteiger partial charge in [-0.2, -0.15) is 4.98 Å². The van der Waals surface area contributed by atoms with Crippen LogP contribution in [0, 0.1) is 12.9 Å². The second-order valence-electron chi connectivity index (χ2n) is 4.20. The van der Waals surface area contributed by atoms with Gasteiger partial charge in [0.05, 0.1) is 11.6 Å². The number of rotatable bonds is 3. The van der Waals surface area contributed by atoms with Gasteiger partial charge in [-0.3, -0.25) is 4.79 Å². The second-order valence-corrected chi connectivity index (χ2v) is 4.61. The standard InChI is InChI=1S/C14H12ClFN2O/c1-9-2-3-11(12(15)6-9)8-18-14(19)10-4-5-17-13(16)7-10/h2-7H,8H2,1H3,(H,18,19)/p+1. The highest BCUT2D eigenvalue weighted by atomic mass is 35.5. The fourth-order valence-corrected chi connectivity index (χ4v) is 1.95. The number of benzene rings is 1. The molecule has 0 atom stereocenters. The summed E-state index contributed by atoms with van der Waals surface area (Å²) < 4.78 is 12.9. The van der Waals surface area contributed by atoms with E-state index in [2.05, 4.69) is 10.3 Å². The van der Waals surface area contributed by atoms with Crippen molar-refractivity contribution in [3.63, 3.8) is 0 Å². The number of hydrogen-bond donors (Lipinski definition) is 1. The van der Waals surface area contributed by atoms with Gasteiger partial charge in [0.2, 0.25) is 0 Å². The van der Waals surface area contributed by atoms with Crippen molar-refractivity contribution in [1.29, 1.82) is 0 Å². The fraction of sp³-hybridized carbons (Fsp3) is 0.143. The highest BCUT2D eigenvalue weighted by molar-refractivity contribution is 6.31. The molecule has 0 radical (unpaired) electrons. The van der Waals surface area contributed by atoms with Gasteiger partial charge in [-0.15, -0.1) is 4.39 Å². The van der Waals surface area contributed by atoms with Crippen LogP contribution in [0.2, 0.25) is 5.02 Å². The number of amides is 1. The second kappa shape index (κ2) is 5.80. The van der Waals surface area contributed by atoms with Gasteiger partial charge >= 0.3 is 5.95 Å². The molecule has 0 saturated carbocycles. The van der Waals surface area contributed by atoms with Crippen LogP contribution in [0.3, 0.4) is 0 Å². The van der Waals surface area contributed by atoms with Gasteiger partial charge in [0.15, 0.2) is 6.20 Å². The molecule has 0 aliphatic rings. The molecule has 2 rings (SSSR count). The summed E-state index contributed by atoms with van der Waals surface area (Å²) in [6.07, 6.45) is 1.38. The van der Waals surface area contributed by atoms with E-state index in [1.54, 1.807) is 0 Å². The highest BCUT2D eigenvalue weighted by Gasteiger charge is 2.10. The average molecular weight is 280 g/mol. The van der Waals surface area contributed by atoms with E-state index in [1.807, 2.05) is 25.1 Å². The summed E-state index contributed by atoms with van der Waals surface area (Å²) in [6.45, 7) is 2.25. The zero-order valence-corrected chi connectivity index (χ0v) is 11.1. The number of aryl methyl sites for hydroxylation is 1. The quantitative estimate of drug-likeness (QED) is 0.862. The third kappa shape index (κ3) is 3.51. The molecule has 0 saturated heterocycles. The summed E-state index contributed by atoms with van der Waals surface area (Å²) in [6, 6.07) is 8.27. The molecule has 1 heterocycles. The fourth-order valence-electron chi connectivity index (χ4n) is 1.65. The minimum Gasteiger partial charge on any atom is -0.348 e. The Kier molecular flexibility index (Phi) is 4.12. The lowest BCUT2D eigenvalue weighted by Crippen LogP contribution is -2.24. The Morgan fingerprint density at radius 2 is 2.16 bits per heavy atom. The number of nitrogens with one attached hydrogen (secondary N) is 2. The van der Waals surface area contributed by atoms with Crippen LogP contribution in [-0.2, 0) is 6.54 Å². The van der Waals surface area contributed by atoms with Crippen molar-refractivity contribution >= 4 is 17.5 Å². The van der Waals surface area contributed by atoms with Crippen LogP contribution in [0.5, 0.6) is 0 Å². The first-order valence-corrected chi connectivity index (χ1v) is 6.14. The molecule has 2 aromatic rings. The summed E-state index contributed by atoms with van der Waals surface area (Å²) >= 11 is 6.07. The molecule has 5 heteroatoms. The molecule has 0 unspecified atom stereocenters. The number of aromatic amines is 1. The van der Waals surface area contributed by atoms with E-state index in [4.69, 9.17) is 11.6 Å². The van der Waals surface area contributed by atoms with E-state index in [0.29, 0.717) is 11.6 Å². The molecule has 0 aliphatic carbocycles. The van der Waals surface area contributed by atoms with Gasteiger partial charge in [0, 0.05) is 17.6 Å². The minimum atomic E-state index is -0.555. The third-order valence-electron chi connectivity index (χ3n) is 2.68. The summed E-state index contributed by atoms with van der Waals surface area (Å²) in [7, 11) is 0. The topological polar surface area (TPSA) is 43.2 Å². The lowest BCUT2D eigenvalue weighted by Gasteiger charge is -2.07. The highest BCUT2D eigenvalue weighted by Crippen LogP contribution is 2.17. The molecule has 0 aliphatic heterocycles. The van der Waals surface area contributed by atoms with Gasteiger partial charge in [-0.25, -0.2) is 0 Å². The average Bonchev–Trinajstić information content (AvgIpc) is 2.37. The van der Waals surface area contributed by atoms with Crippen LogP contribution in [-0.4, -0.2) is 5.91 Å². The number of H-pyrrole nitrogens is 1. The molecule has 19 heavy (non-hydrogen) atoms. The first-order chi connectivity index (χ1) is 9.06. The lowest BCUT2D eigenvalue weighted by atomic mass is 10.1.